The molecule has 0 saturated heterocycles. The van der Waals surface area contributed by atoms with E-state index in [1.165, 1.54) is 6.92 Å². The molecular formula is C16H18N2O2S. The van der Waals surface area contributed by atoms with E-state index in [0.29, 0.717) is 24.1 Å². The number of hydrogen-bond donors (Lipinski definition) is 1. The summed E-state index contributed by atoms with van der Waals surface area (Å²) >= 11 is 1.64. The summed E-state index contributed by atoms with van der Waals surface area (Å²) in [7, 11) is 0. The van der Waals surface area contributed by atoms with Gasteiger partial charge in [-0.25, -0.2) is 4.98 Å². The molecule has 0 aliphatic rings. The Labute approximate surface area is 128 Å². The number of ketones is 1. The molecule has 0 aliphatic heterocycles. The molecule has 1 aromatic heterocycles. The minimum Gasteiger partial charge on any atom is -0.326 e. The van der Waals surface area contributed by atoms with Crippen LogP contribution in [0.3, 0.4) is 0 Å². The van der Waals surface area contributed by atoms with Gasteiger partial charge in [-0.15, -0.1) is 11.3 Å². The molecular weight excluding hydrogens is 284 g/mol. The predicted molar refractivity (Wildman–Crippen MR) is 85.0 cm³/mol. The second-order valence-electron chi connectivity index (χ2n) is 4.92. The second-order valence-corrected chi connectivity index (χ2v) is 6.21. The lowest BCUT2D eigenvalue weighted by Gasteiger charge is -2.05. The molecule has 2 aromatic rings. The SMILES string of the molecule is CC(=O)c1ccc(NC(=O)CCc2sc(C)nc2C)cc1. The summed E-state index contributed by atoms with van der Waals surface area (Å²) in [6.45, 7) is 5.46. The molecule has 0 aliphatic carbocycles. The van der Waals surface area contributed by atoms with Crippen LogP contribution in [0.1, 0.15) is 39.3 Å². The first-order valence-electron chi connectivity index (χ1n) is 6.79. The standard InChI is InChI=1S/C16H18N2O2S/c1-10-15(21-12(3)17-10)8-9-16(20)18-14-6-4-13(5-7-14)11(2)19/h4-7H,8-9H2,1-3H3,(H,18,20). The summed E-state index contributed by atoms with van der Waals surface area (Å²) in [5.74, 6) is -0.0139. The van der Waals surface area contributed by atoms with Crippen LogP contribution in [0.2, 0.25) is 0 Å². The number of Topliss-reactive ketones (excluding diaryl/α,β-unsaturated/α-hetero) is 1. The van der Waals surface area contributed by atoms with Crippen molar-refractivity contribution in [2.75, 3.05) is 5.32 Å². The highest BCUT2D eigenvalue weighted by atomic mass is 32.1. The monoisotopic (exact) mass is 302 g/mol. The number of anilines is 1. The summed E-state index contributed by atoms with van der Waals surface area (Å²) in [5.41, 5.74) is 2.36. The molecule has 1 aromatic carbocycles. The summed E-state index contributed by atoms with van der Waals surface area (Å²) in [6, 6.07) is 6.93. The lowest BCUT2D eigenvalue weighted by molar-refractivity contribution is -0.116. The van der Waals surface area contributed by atoms with Gasteiger partial charge in [0.1, 0.15) is 0 Å². The summed E-state index contributed by atoms with van der Waals surface area (Å²) in [5, 5.41) is 3.87. The largest absolute Gasteiger partial charge is 0.326 e. The van der Waals surface area contributed by atoms with Crippen LogP contribution in [0.25, 0.3) is 0 Å². The van der Waals surface area contributed by atoms with E-state index < -0.39 is 0 Å². The van der Waals surface area contributed by atoms with Crippen molar-refractivity contribution >= 4 is 28.7 Å². The Morgan fingerprint density at radius 3 is 2.38 bits per heavy atom. The lowest BCUT2D eigenvalue weighted by atomic mass is 10.1. The van der Waals surface area contributed by atoms with E-state index in [1.54, 1.807) is 35.6 Å². The van der Waals surface area contributed by atoms with Crippen LogP contribution in [0.5, 0.6) is 0 Å². The second kappa shape index (κ2) is 6.63. The number of rotatable bonds is 5. The molecule has 0 radical (unpaired) electrons. The first-order chi connectivity index (χ1) is 9.95. The maximum atomic E-state index is 11.9. The van der Waals surface area contributed by atoms with Crippen LogP contribution in [-0.4, -0.2) is 16.7 Å². The van der Waals surface area contributed by atoms with Crippen molar-refractivity contribution in [2.45, 2.75) is 33.6 Å². The number of amides is 1. The highest BCUT2D eigenvalue weighted by Gasteiger charge is 2.08. The number of carbonyl (C=O) groups excluding carboxylic acids is 2. The number of nitrogens with zero attached hydrogens (tertiary/aromatic N) is 1. The van der Waals surface area contributed by atoms with E-state index >= 15 is 0 Å². The van der Waals surface area contributed by atoms with Crippen molar-refractivity contribution in [3.63, 3.8) is 0 Å². The Hall–Kier alpha value is -2.01. The van der Waals surface area contributed by atoms with Gasteiger partial charge in [0, 0.05) is 22.5 Å². The number of benzene rings is 1. The fraction of sp³-hybridized carbons (Fsp3) is 0.312. The van der Waals surface area contributed by atoms with Crippen LogP contribution >= 0.6 is 11.3 Å². The molecule has 0 unspecified atom stereocenters. The molecule has 0 saturated carbocycles. The zero-order chi connectivity index (χ0) is 15.4. The molecule has 5 heteroatoms. The number of thiazole rings is 1. The Morgan fingerprint density at radius 1 is 1.19 bits per heavy atom. The average Bonchev–Trinajstić information content (AvgIpc) is 2.75. The van der Waals surface area contributed by atoms with E-state index in [0.717, 1.165) is 15.6 Å². The maximum absolute atomic E-state index is 11.9. The number of nitrogens with one attached hydrogen (secondary N) is 1. The van der Waals surface area contributed by atoms with Gasteiger partial charge in [-0.1, -0.05) is 0 Å². The van der Waals surface area contributed by atoms with Gasteiger partial charge < -0.3 is 5.32 Å². The van der Waals surface area contributed by atoms with E-state index in [-0.39, 0.29) is 11.7 Å². The normalized spacial score (nSPS) is 10.4. The van der Waals surface area contributed by atoms with Gasteiger partial charge in [0.2, 0.25) is 5.91 Å². The summed E-state index contributed by atoms with van der Waals surface area (Å²) in [6.07, 6.45) is 1.13. The van der Waals surface area contributed by atoms with E-state index in [4.69, 9.17) is 0 Å². The Balaban J connectivity index is 1.89. The third-order valence-electron chi connectivity index (χ3n) is 3.15. The van der Waals surface area contributed by atoms with Gasteiger partial charge in [-0.05, 0) is 51.5 Å². The van der Waals surface area contributed by atoms with Crippen molar-refractivity contribution in [3.8, 4) is 0 Å². The van der Waals surface area contributed by atoms with Crippen molar-refractivity contribution < 1.29 is 9.59 Å². The highest BCUT2D eigenvalue weighted by Crippen LogP contribution is 2.19. The zero-order valence-corrected chi connectivity index (χ0v) is 13.2. The molecule has 110 valence electrons. The van der Waals surface area contributed by atoms with Crippen molar-refractivity contribution in [1.82, 2.24) is 4.98 Å². The molecule has 0 spiro atoms. The summed E-state index contributed by atoms with van der Waals surface area (Å²) < 4.78 is 0. The van der Waals surface area contributed by atoms with Gasteiger partial charge in [0.05, 0.1) is 10.7 Å². The predicted octanol–water partition coefficient (Wildman–Crippen LogP) is 3.53. The molecule has 0 bridgehead atoms. The zero-order valence-electron chi connectivity index (χ0n) is 12.4. The van der Waals surface area contributed by atoms with Gasteiger partial charge >= 0.3 is 0 Å². The number of aryl methyl sites for hydroxylation is 3. The van der Waals surface area contributed by atoms with E-state index in [2.05, 4.69) is 10.3 Å². The molecule has 1 heterocycles. The average molecular weight is 302 g/mol. The molecule has 21 heavy (non-hydrogen) atoms. The molecule has 0 fully saturated rings. The topological polar surface area (TPSA) is 59.1 Å². The van der Waals surface area contributed by atoms with Crippen LogP contribution in [0.4, 0.5) is 5.69 Å². The first kappa shape index (κ1) is 15.4. The fourth-order valence-corrected chi connectivity index (χ4v) is 2.98. The number of carbonyl (C=O) groups is 2. The minimum absolute atomic E-state index is 0.0175. The molecule has 4 nitrogen and oxygen atoms in total. The Morgan fingerprint density at radius 2 is 1.86 bits per heavy atom. The van der Waals surface area contributed by atoms with E-state index in [9.17, 15) is 9.59 Å². The van der Waals surface area contributed by atoms with E-state index in [1.807, 2.05) is 13.8 Å². The quantitative estimate of drug-likeness (QED) is 0.859. The van der Waals surface area contributed by atoms with Gasteiger partial charge in [0.25, 0.3) is 0 Å². The number of aromatic nitrogens is 1. The van der Waals surface area contributed by atoms with Crippen molar-refractivity contribution in [1.29, 1.82) is 0 Å². The number of hydrogen-bond acceptors (Lipinski definition) is 4. The Bertz CT molecular complexity index is 659. The lowest BCUT2D eigenvalue weighted by Crippen LogP contribution is -2.12. The highest BCUT2D eigenvalue weighted by molar-refractivity contribution is 7.11. The van der Waals surface area contributed by atoms with Gasteiger partial charge in [-0.3, -0.25) is 9.59 Å². The van der Waals surface area contributed by atoms with Crippen LogP contribution in [0, 0.1) is 13.8 Å². The Kier molecular flexibility index (Phi) is 4.85. The maximum Gasteiger partial charge on any atom is 0.224 e. The van der Waals surface area contributed by atoms with Crippen LogP contribution < -0.4 is 5.32 Å². The molecule has 0 atom stereocenters. The third-order valence-corrected chi connectivity index (χ3v) is 4.29. The molecule has 1 amide bonds. The first-order valence-corrected chi connectivity index (χ1v) is 7.61. The molecule has 2 rings (SSSR count). The van der Waals surface area contributed by atoms with Crippen molar-refractivity contribution in [2.24, 2.45) is 0 Å². The van der Waals surface area contributed by atoms with Gasteiger partial charge in [-0.2, -0.15) is 0 Å². The van der Waals surface area contributed by atoms with Crippen molar-refractivity contribution in [3.05, 3.63) is 45.4 Å². The fourth-order valence-electron chi connectivity index (χ4n) is 2.04. The van der Waals surface area contributed by atoms with Crippen LogP contribution in [0.15, 0.2) is 24.3 Å². The molecule has 1 N–H and O–H groups in total. The van der Waals surface area contributed by atoms with Crippen LogP contribution in [-0.2, 0) is 11.2 Å². The minimum atomic E-state index is -0.0315. The summed E-state index contributed by atoms with van der Waals surface area (Å²) in [4.78, 5) is 28.6. The van der Waals surface area contributed by atoms with Gasteiger partial charge in [0.15, 0.2) is 5.78 Å². The smallest absolute Gasteiger partial charge is 0.224 e. The third kappa shape index (κ3) is 4.23.